The molecule has 0 unspecified atom stereocenters. The van der Waals surface area contributed by atoms with Crippen molar-refractivity contribution in [3.8, 4) is 0 Å². The number of fused-ring (bicyclic) bond motifs is 2. The third-order valence-corrected chi connectivity index (χ3v) is 7.02. The molecule has 2 aromatic rings. The zero-order valence-electron chi connectivity index (χ0n) is 18.5. The van der Waals surface area contributed by atoms with Gasteiger partial charge in [-0.05, 0) is 74.3 Å². The number of hydrazone groups is 1. The first-order valence-electron chi connectivity index (χ1n) is 10.8. The van der Waals surface area contributed by atoms with Crippen LogP contribution < -0.4 is 5.01 Å². The second kappa shape index (κ2) is 9.23. The van der Waals surface area contributed by atoms with Crippen molar-refractivity contribution in [2.24, 2.45) is 5.10 Å². The van der Waals surface area contributed by atoms with Crippen LogP contribution in [-0.2, 0) is 5.41 Å². The Morgan fingerprint density at radius 3 is 2.42 bits per heavy atom. The van der Waals surface area contributed by atoms with Gasteiger partial charge < -0.3 is 4.90 Å². The van der Waals surface area contributed by atoms with Crippen LogP contribution in [0.1, 0.15) is 30.9 Å². The van der Waals surface area contributed by atoms with Crippen LogP contribution in [0.25, 0.3) is 6.08 Å². The fraction of sp³-hybridized carbons (Fsp3) is 0.400. The molecule has 4 nitrogen and oxygen atoms in total. The molecular weight excluding hydrogens is 427 g/mol. The molecule has 2 aliphatic heterocycles. The van der Waals surface area contributed by atoms with E-state index in [2.05, 4.69) is 46.0 Å². The van der Waals surface area contributed by atoms with Gasteiger partial charge in [0.15, 0.2) is 0 Å². The van der Waals surface area contributed by atoms with E-state index in [1.165, 1.54) is 16.8 Å². The minimum Gasteiger partial charge on any atom is -0.365 e. The SMILES string of the molecule is CC(=NN1CC2(CCN(CC=Cc3ccc(Cl)cc3)CC2)c2cc(Cl)ccc21)N(C)C. The maximum absolute atomic E-state index is 6.40. The maximum atomic E-state index is 6.40. The topological polar surface area (TPSA) is 22.1 Å². The van der Waals surface area contributed by atoms with E-state index in [-0.39, 0.29) is 5.41 Å². The number of rotatable bonds is 4. The molecule has 0 saturated carbocycles. The summed E-state index contributed by atoms with van der Waals surface area (Å²) < 4.78 is 0. The first kappa shape index (κ1) is 22.2. The van der Waals surface area contributed by atoms with Crippen LogP contribution in [0.2, 0.25) is 10.0 Å². The van der Waals surface area contributed by atoms with Crippen molar-refractivity contribution in [3.63, 3.8) is 0 Å². The number of piperidine rings is 1. The Kier molecular flexibility index (Phi) is 6.61. The lowest BCUT2D eigenvalue weighted by Crippen LogP contribution is -2.44. The van der Waals surface area contributed by atoms with Crippen LogP contribution in [0.5, 0.6) is 0 Å². The van der Waals surface area contributed by atoms with E-state index in [1.807, 2.05) is 44.4 Å². The Bertz CT molecular complexity index is 974. The third-order valence-electron chi connectivity index (χ3n) is 6.53. The monoisotopic (exact) mass is 456 g/mol. The average Bonchev–Trinajstić information content (AvgIpc) is 3.03. The molecule has 31 heavy (non-hydrogen) atoms. The van der Waals surface area contributed by atoms with Crippen LogP contribution in [0.4, 0.5) is 5.69 Å². The highest BCUT2D eigenvalue weighted by Crippen LogP contribution is 2.48. The second-order valence-corrected chi connectivity index (χ2v) is 9.67. The van der Waals surface area contributed by atoms with E-state index in [4.69, 9.17) is 28.3 Å². The largest absolute Gasteiger partial charge is 0.365 e. The Hall–Kier alpha value is -2.01. The van der Waals surface area contributed by atoms with Gasteiger partial charge in [-0.1, -0.05) is 47.5 Å². The molecule has 0 atom stereocenters. The zero-order chi connectivity index (χ0) is 22.0. The van der Waals surface area contributed by atoms with E-state index in [1.54, 1.807) is 0 Å². The number of halogens is 2. The lowest BCUT2D eigenvalue weighted by molar-refractivity contribution is 0.180. The van der Waals surface area contributed by atoms with Crippen LogP contribution in [0.3, 0.4) is 0 Å². The van der Waals surface area contributed by atoms with Gasteiger partial charge in [0.1, 0.15) is 5.84 Å². The van der Waals surface area contributed by atoms with Gasteiger partial charge in [-0.3, -0.25) is 9.91 Å². The standard InChI is InChI=1S/C25H30Cl2N4/c1-19(29(2)3)28-31-18-25(23-17-22(27)10-11-24(23)31)12-15-30(16-13-25)14-4-5-20-6-8-21(26)9-7-20/h4-11,17H,12-16,18H2,1-3H3. The molecule has 0 aromatic heterocycles. The molecular formula is C25H30Cl2N4. The molecule has 0 N–H and O–H groups in total. The number of hydrogen-bond acceptors (Lipinski definition) is 3. The quantitative estimate of drug-likeness (QED) is 0.431. The molecule has 0 radical (unpaired) electrons. The summed E-state index contributed by atoms with van der Waals surface area (Å²) in [5, 5.41) is 8.66. The molecule has 2 heterocycles. The minimum absolute atomic E-state index is 0.118. The van der Waals surface area contributed by atoms with Crippen molar-refractivity contribution in [2.75, 3.05) is 45.3 Å². The summed E-state index contributed by atoms with van der Waals surface area (Å²) in [4.78, 5) is 4.58. The minimum atomic E-state index is 0.118. The van der Waals surface area contributed by atoms with E-state index in [9.17, 15) is 0 Å². The zero-order valence-corrected chi connectivity index (χ0v) is 20.0. The van der Waals surface area contributed by atoms with E-state index >= 15 is 0 Å². The molecule has 6 heteroatoms. The smallest absolute Gasteiger partial charge is 0.121 e. The summed E-state index contributed by atoms with van der Waals surface area (Å²) in [6, 6.07) is 14.2. The number of nitrogens with zero attached hydrogens (tertiary/aromatic N) is 4. The van der Waals surface area contributed by atoms with Gasteiger partial charge in [0.05, 0.1) is 12.2 Å². The summed E-state index contributed by atoms with van der Waals surface area (Å²) in [6.45, 7) is 6.07. The molecule has 0 aliphatic carbocycles. The first-order chi connectivity index (χ1) is 14.9. The van der Waals surface area contributed by atoms with Crippen LogP contribution in [0, 0.1) is 0 Å². The van der Waals surface area contributed by atoms with E-state index in [0.717, 1.165) is 54.9 Å². The third kappa shape index (κ3) is 4.92. The van der Waals surface area contributed by atoms with E-state index in [0.29, 0.717) is 0 Å². The van der Waals surface area contributed by atoms with Crippen molar-refractivity contribution >= 4 is 40.8 Å². The van der Waals surface area contributed by atoms with Crippen molar-refractivity contribution in [1.82, 2.24) is 9.80 Å². The van der Waals surface area contributed by atoms with Gasteiger partial charge in [0.2, 0.25) is 0 Å². The highest BCUT2D eigenvalue weighted by atomic mass is 35.5. The number of amidine groups is 1. The van der Waals surface area contributed by atoms with Crippen molar-refractivity contribution in [1.29, 1.82) is 0 Å². The predicted molar refractivity (Wildman–Crippen MR) is 133 cm³/mol. The van der Waals surface area contributed by atoms with Gasteiger partial charge in [-0.15, -0.1) is 0 Å². The van der Waals surface area contributed by atoms with E-state index < -0.39 is 0 Å². The molecule has 2 aromatic carbocycles. The fourth-order valence-corrected chi connectivity index (χ4v) is 4.77. The van der Waals surface area contributed by atoms with Gasteiger partial charge in [-0.2, -0.15) is 5.10 Å². The normalized spacial score (nSPS) is 18.7. The first-order valence-corrected chi connectivity index (χ1v) is 11.6. The highest BCUT2D eigenvalue weighted by molar-refractivity contribution is 6.31. The Balaban J connectivity index is 1.45. The van der Waals surface area contributed by atoms with Gasteiger partial charge in [0, 0.05) is 36.1 Å². The maximum Gasteiger partial charge on any atom is 0.121 e. The Morgan fingerprint density at radius 1 is 1.06 bits per heavy atom. The Morgan fingerprint density at radius 2 is 1.74 bits per heavy atom. The summed E-state index contributed by atoms with van der Waals surface area (Å²) in [5.74, 6) is 1.00. The van der Waals surface area contributed by atoms with Gasteiger partial charge >= 0.3 is 0 Å². The lowest BCUT2D eigenvalue weighted by Gasteiger charge is -2.39. The second-order valence-electron chi connectivity index (χ2n) is 8.80. The number of hydrogen-bond donors (Lipinski definition) is 0. The van der Waals surface area contributed by atoms with Crippen molar-refractivity contribution in [2.45, 2.75) is 25.2 Å². The molecule has 2 aliphatic rings. The lowest BCUT2D eigenvalue weighted by atomic mass is 9.74. The molecule has 0 bridgehead atoms. The van der Waals surface area contributed by atoms with Crippen molar-refractivity contribution < 1.29 is 0 Å². The Labute approximate surface area is 195 Å². The molecule has 1 saturated heterocycles. The highest BCUT2D eigenvalue weighted by Gasteiger charge is 2.45. The number of anilines is 1. The molecule has 1 fully saturated rings. The molecule has 164 valence electrons. The number of benzene rings is 2. The predicted octanol–water partition coefficient (Wildman–Crippen LogP) is 5.76. The summed E-state index contributed by atoms with van der Waals surface area (Å²) in [7, 11) is 4.06. The molecule has 1 spiro atoms. The number of likely N-dealkylation sites (tertiary alicyclic amines) is 1. The van der Waals surface area contributed by atoms with Crippen molar-refractivity contribution in [3.05, 3.63) is 69.7 Å². The summed E-state index contributed by atoms with van der Waals surface area (Å²) in [6.07, 6.45) is 6.65. The van der Waals surface area contributed by atoms with Crippen LogP contribution in [0.15, 0.2) is 53.6 Å². The average molecular weight is 457 g/mol. The summed E-state index contributed by atoms with van der Waals surface area (Å²) >= 11 is 12.4. The van der Waals surface area contributed by atoms with Crippen LogP contribution in [-0.4, -0.2) is 55.9 Å². The van der Waals surface area contributed by atoms with Gasteiger partial charge in [-0.25, -0.2) is 0 Å². The molecule has 4 rings (SSSR count). The van der Waals surface area contributed by atoms with Gasteiger partial charge in [0.25, 0.3) is 0 Å². The molecule has 0 amide bonds. The fourth-order valence-electron chi connectivity index (χ4n) is 4.47. The van der Waals surface area contributed by atoms with Crippen LogP contribution >= 0.6 is 23.2 Å². The summed E-state index contributed by atoms with van der Waals surface area (Å²) in [5.41, 5.74) is 3.85.